The molecule has 1 aliphatic carbocycles. The predicted molar refractivity (Wildman–Crippen MR) is 70.7 cm³/mol. The van der Waals surface area contributed by atoms with Gasteiger partial charge in [0.25, 0.3) is 0 Å². The van der Waals surface area contributed by atoms with Gasteiger partial charge in [0.1, 0.15) is 5.75 Å². The van der Waals surface area contributed by atoms with E-state index in [4.69, 9.17) is 4.74 Å². The number of rotatable bonds is 3. The standard InChI is InChI=1S/C15H21NO2/c17-15-3-1-2-12-13(15)4-5-14(12)16-10-11-6-8-18-9-7-11/h1-3,11,14,16-17H,4-10H2. The summed E-state index contributed by atoms with van der Waals surface area (Å²) in [4.78, 5) is 0. The molecular formula is C15H21NO2. The number of ether oxygens (including phenoxy) is 1. The Morgan fingerprint density at radius 3 is 2.89 bits per heavy atom. The molecule has 1 aromatic rings. The second kappa shape index (κ2) is 5.29. The van der Waals surface area contributed by atoms with Gasteiger partial charge in [0, 0.05) is 19.3 Å². The third kappa shape index (κ3) is 2.38. The summed E-state index contributed by atoms with van der Waals surface area (Å²) in [5.74, 6) is 1.21. The summed E-state index contributed by atoms with van der Waals surface area (Å²) in [6.07, 6.45) is 4.45. The van der Waals surface area contributed by atoms with Crippen molar-refractivity contribution in [3.05, 3.63) is 29.3 Å². The molecule has 3 nitrogen and oxygen atoms in total. The Morgan fingerprint density at radius 1 is 1.22 bits per heavy atom. The lowest BCUT2D eigenvalue weighted by Crippen LogP contribution is -2.29. The van der Waals surface area contributed by atoms with Crippen LogP contribution in [0.2, 0.25) is 0 Å². The lowest BCUT2D eigenvalue weighted by Gasteiger charge is -2.24. The second-order valence-electron chi connectivity index (χ2n) is 5.40. The SMILES string of the molecule is Oc1cccc2c1CCC2NCC1CCOCC1. The van der Waals surface area contributed by atoms with E-state index in [0.717, 1.165) is 44.1 Å². The lowest BCUT2D eigenvalue weighted by atomic mass is 9.99. The van der Waals surface area contributed by atoms with Crippen LogP contribution in [0.25, 0.3) is 0 Å². The molecule has 0 radical (unpaired) electrons. The molecule has 1 atom stereocenters. The predicted octanol–water partition coefficient (Wildman–Crippen LogP) is 2.40. The van der Waals surface area contributed by atoms with Gasteiger partial charge in [0.05, 0.1) is 0 Å². The molecule has 1 aromatic carbocycles. The molecule has 0 spiro atoms. The zero-order valence-electron chi connectivity index (χ0n) is 10.7. The number of fused-ring (bicyclic) bond motifs is 1. The number of benzene rings is 1. The molecular weight excluding hydrogens is 226 g/mol. The van der Waals surface area contributed by atoms with Crippen LogP contribution in [0.1, 0.15) is 36.4 Å². The van der Waals surface area contributed by atoms with E-state index in [2.05, 4.69) is 11.4 Å². The van der Waals surface area contributed by atoms with Crippen molar-refractivity contribution < 1.29 is 9.84 Å². The summed E-state index contributed by atoms with van der Waals surface area (Å²) >= 11 is 0. The number of hydrogen-bond acceptors (Lipinski definition) is 3. The third-order valence-corrected chi connectivity index (χ3v) is 4.24. The van der Waals surface area contributed by atoms with Crippen molar-refractivity contribution in [3.63, 3.8) is 0 Å². The van der Waals surface area contributed by atoms with E-state index in [1.165, 1.54) is 18.4 Å². The van der Waals surface area contributed by atoms with E-state index >= 15 is 0 Å². The number of hydrogen-bond donors (Lipinski definition) is 2. The second-order valence-corrected chi connectivity index (χ2v) is 5.40. The fraction of sp³-hybridized carbons (Fsp3) is 0.600. The van der Waals surface area contributed by atoms with Gasteiger partial charge < -0.3 is 15.2 Å². The fourth-order valence-corrected chi connectivity index (χ4v) is 3.11. The molecule has 3 heteroatoms. The van der Waals surface area contributed by atoms with Gasteiger partial charge in [-0.3, -0.25) is 0 Å². The van der Waals surface area contributed by atoms with Crippen LogP contribution in [-0.2, 0) is 11.2 Å². The molecule has 1 heterocycles. The van der Waals surface area contributed by atoms with Gasteiger partial charge >= 0.3 is 0 Å². The van der Waals surface area contributed by atoms with Crippen LogP contribution in [0.4, 0.5) is 0 Å². The molecule has 0 bridgehead atoms. The monoisotopic (exact) mass is 247 g/mol. The maximum Gasteiger partial charge on any atom is 0.119 e. The van der Waals surface area contributed by atoms with Crippen molar-refractivity contribution >= 4 is 0 Å². The first kappa shape index (κ1) is 12.0. The maximum atomic E-state index is 9.82. The van der Waals surface area contributed by atoms with Crippen LogP contribution in [0.15, 0.2) is 18.2 Å². The van der Waals surface area contributed by atoms with E-state index in [1.54, 1.807) is 6.07 Å². The number of phenolic OH excluding ortho intramolecular Hbond substituents is 1. The molecule has 2 aliphatic rings. The van der Waals surface area contributed by atoms with E-state index < -0.39 is 0 Å². The Hall–Kier alpha value is -1.06. The minimum Gasteiger partial charge on any atom is -0.508 e. The first-order valence-corrected chi connectivity index (χ1v) is 6.96. The van der Waals surface area contributed by atoms with Crippen LogP contribution in [0.5, 0.6) is 5.75 Å². The molecule has 1 fully saturated rings. The molecule has 0 aromatic heterocycles. The van der Waals surface area contributed by atoms with Gasteiger partial charge in [-0.1, -0.05) is 12.1 Å². The van der Waals surface area contributed by atoms with E-state index in [9.17, 15) is 5.11 Å². The van der Waals surface area contributed by atoms with E-state index in [-0.39, 0.29) is 0 Å². The highest BCUT2D eigenvalue weighted by atomic mass is 16.5. The average Bonchev–Trinajstić information content (AvgIpc) is 2.82. The van der Waals surface area contributed by atoms with Crippen molar-refractivity contribution in [2.24, 2.45) is 5.92 Å². The highest BCUT2D eigenvalue weighted by Gasteiger charge is 2.25. The number of phenols is 1. The lowest BCUT2D eigenvalue weighted by molar-refractivity contribution is 0.0654. The van der Waals surface area contributed by atoms with Crippen LogP contribution in [0, 0.1) is 5.92 Å². The normalized spacial score (nSPS) is 24.1. The molecule has 1 saturated heterocycles. The van der Waals surface area contributed by atoms with Gasteiger partial charge in [-0.05, 0) is 55.3 Å². The summed E-state index contributed by atoms with van der Waals surface area (Å²) in [7, 11) is 0. The Balaban J connectivity index is 1.60. The average molecular weight is 247 g/mol. The number of aromatic hydroxyl groups is 1. The van der Waals surface area contributed by atoms with Crippen molar-refractivity contribution in [1.82, 2.24) is 5.32 Å². The largest absolute Gasteiger partial charge is 0.508 e. The summed E-state index contributed by atoms with van der Waals surface area (Å²) in [6, 6.07) is 6.31. The molecule has 0 saturated carbocycles. The molecule has 1 aliphatic heterocycles. The molecule has 1 unspecified atom stereocenters. The molecule has 18 heavy (non-hydrogen) atoms. The Bertz CT molecular complexity index is 413. The molecule has 3 rings (SSSR count). The Labute approximate surface area is 108 Å². The maximum absolute atomic E-state index is 9.82. The highest BCUT2D eigenvalue weighted by Crippen LogP contribution is 2.36. The highest BCUT2D eigenvalue weighted by molar-refractivity contribution is 5.44. The Kier molecular flexibility index (Phi) is 3.52. The van der Waals surface area contributed by atoms with Gasteiger partial charge in [-0.25, -0.2) is 0 Å². The zero-order valence-corrected chi connectivity index (χ0v) is 10.7. The van der Waals surface area contributed by atoms with Crippen LogP contribution < -0.4 is 5.32 Å². The van der Waals surface area contributed by atoms with Crippen molar-refractivity contribution in [2.75, 3.05) is 19.8 Å². The van der Waals surface area contributed by atoms with Gasteiger partial charge in [0.2, 0.25) is 0 Å². The van der Waals surface area contributed by atoms with Crippen molar-refractivity contribution in [3.8, 4) is 5.75 Å². The van der Waals surface area contributed by atoms with Gasteiger partial charge in [0.15, 0.2) is 0 Å². The van der Waals surface area contributed by atoms with Gasteiger partial charge in [-0.15, -0.1) is 0 Å². The fourth-order valence-electron chi connectivity index (χ4n) is 3.11. The number of nitrogens with one attached hydrogen (secondary N) is 1. The minimum atomic E-state index is 0.426. The van der Waals surface area contributed by atoms with Crippen LogP contribution >= 0.6 is 0 Å². The molecule has 0 amide bonds. The van der Waals surface area contributed by atoms with Crippen LogP contribution in [0.3, 0.4) is 0 Å². The van der Waals surface area contributed by atoms with Crippen LogP contribution in [-0.4, -0.2) is 24.9 Å². The Morgan fingerprint density at radius 2 is 2.06 bits per heavy atom. The molecule has 2 N–H and O–H groups in total. The summed E-state index contributed by atoms with van der Waals surface area (Å²) in [5.41, 5.74) is 2.43. The van der Waals surface area contributed by atoms with E-state index in [0.29, 0.717) is 11.8 Å². The summed E-state index contributed by atoms with van der Waals surface area (Å²) in [5, 5.41) is 13.5. The first-order valence-electron chi connectivity index (χ1n) is 6.96. The van der Waals surface area contributed by atoms with Crippen molar-refractivity contribution in [1.29, 1.82) is 0 Å². The smallest absolute Gasteiger partial charge is 0.119 e. The third-order valence-electron chi connectivity index (χ3n) is 4.24. The quantitative estimate of drug-likeness (QED) is 0.861. The first-order chi connectivity index (χ1) is 8.84. The summed E-state index contributed by atoms with van der Waals surface area (Å²) < 4.78 is 5.38. The summed E-state index contributed by atoms with van der Waals surface area (Å²) in [6.45, 7) is 2.89. The van der Waals surface area contributed by atoms with E-state index in [1.807, 2.05) is 6.07 Å². The topological polar surface area (TPSA) is 41.5 Å². The minimum absolute atomic E-state index is 0.426. The zero-order chi connectivity index (χ0) is 12.4. The van der Waals surface area contributed by atoms with Gasteiger partial charge in [-0.2, -0.15) is 0 Å². The molecule has 98 valence electrons. The van der Waals surface area contributed by atoms with Crippen molar-refractivity contribution in [2.45, 2.75) is 31.7 Å².